The van der Waals surface area contributed by atoms with Crippen LogP contribution in [0.4, 0.5) is 0 Å². The fourth-order valence-electron chi connectivity index (χ4n) is 2.34. The second-order valence-corrected chi connectivity index (χ2v) is 6.38. The Bertz CT molecular complexity index is 520. The Balaban J connectivity index is 2.14. The van der Waals surface area contributed by atoms with Gasteiger partial charge in [-0.25, -0.2) is 8.42 Å². The van der Waals surface area contributed by atoms with Gasteiger partial charge in [-0.2, -0.15) is 4.31 Å². The zero-order valence-electron chi connectivity index (χ0n) is 11.1. The molecular weight excluding hydrogens is 260 g/mol. The monoisotopic (exact) mass is 280 g/mol. The molecule has 1 saturated heterocycles. The summed E-state index contributed by atoms with van der Waals surface area (Å²) in [7, 11) is -3.34. The fraction of sp³-hybridized carbons (Fsp3) is 0.429. The minimum atomic E-state index is -3.34. The molecule has 1 aliphatic heterocycles. The van der Waals surface area contributed by atoms with E-state index in [2.05, 4.69) is 5.32 Å². The van der Waals surface area contributed by atoms with Crippen LogP contribution < -0.4 is 5.32 Å². The average Bonchev–Trinajstić information content (AvgIpc) is 2.92. The van der Waals surface area contributed by atoms with E-state index in [4.69, 9.17) is 0 Å². The standard InChI is InChI=1S/C14H20N2O2S/c1-2-16(14-8-10-15-12-14)19(17,18)11-9-13-6-4-3-5-7-13/h3-7,9,11,14-15H,2,8,10,12H2,1H3. The SMILES string of the molecule is CCN(C1CCNC1)S(=O)(=O)C=Cc1ccccc1. The molecule has 0 amide bonds. The van der Waals surface area contributed by atoms with Gasteiger partial charge in [-0.15, -0.1) is 0 Å². The van der Waals surface area contributed by atoms with Crippen molar-refractivity contribution in [2.45, 2.75) is 19.4 Å². The molecule has 0 bridgehead atoms. The molecule has 1 N–H and O–H groups in total. The highest BCUT2D eigenvalue weighted by Gasteiger charge is 2.28. The summed E-state index contributed by atoms with van der Waals surface area (Å²) in [6.07, 6.45) is 2.53. The molecule has 5 heteroatoms. The summed E-state index contributed by atoms with van der Waals surface area (Å²) in [6.45, 7) is 4.02. The second kappa shape index (κ2) is 6.32. The highest BCUT2D eigenvalue weighted by Crippen LogP contribution is 2.15. The highest BCUT2D eigenvalue weighted by molar-refractivity contribution is 7.92. The van der Waals surface area contributed by atoms with Gasteiger partial charge < -0.3 is 5.32 Å². The lowest BCUT2D eigenvalue weighted by atomic mass is 10.2. The van der Waals surface area contributed by atoms with E-state index in [9.17, 15) is 8.42 Å². The molecule has 1 heterocycles. The molecule has 1 unspecified atom stereocenters. The molecule has 0 spiro atoms. The molecule has 19 heavy (non-hydrogen) atoms. The van der Waals surface area contributed by atoms with Crippen LogP contribution in [-0.4, -0.2) is 38.4 Å². The molecular formula is C14H20N2O2S. The molecule has 104 valence electrons. The lowest BCUT2D eigenvalue weighted by molar-refractivity contribution is 0.353. The first-order valence-electron chi connectivity index (χ1n) is 6.59. The van der Waals surface area contributed by atoms with E-state index in [1.54, 1.807) is 10.4 Å². The van der Waals surface area contributed by atoms with Crippen LogP contribution in [0.25, 0.3) is 6.08 Å². The van der Waals surface area contributed by atoms with Gasteiger partial charge in [0.1, 0.15) is 0 Å². The molecule has 0 aromatic heterocycles. The first kappa shape index (κ1) is 14.2. The largest absolute Gasteiger partial charge is 0.315 e. The predicted molar refractivity (Wildman–Crippen MR) is 78.1 cm³/mol. The van der Waals surface area contributed by atoms with Crippen molar-refractivity contribution < 1.29 is 8.42 Å². The quantitative estimate of drug-likeness (QED) is 0.892. The predicted octanol–water partition coefficient (Wildman–Crippen LogP) is 1.67. The van der Waals surface area contributed by atoms with Gasteiger partial charge in [-0.05, 0) is 24.6 Å². The minimum absolute atomic E-state index is 0.0791. The number of nitrogens with one attached hydrogen (secondary N) is 1. The second-order valence-electron chi connectivity index (χ2n) is 4.61. The molecule has 1 aromatic rings. The summed E-state index contributed by atoms with van der Waals surface area (Å²) in [4.78, 5) is 0. The molecule has 1 aromatic carbocycles. The van der Waals surface area contributed by atoms with Gasteiger partial charge in [0.05, 0.1) is 0 Å². The number of hydrogen-bond acceptors (Lipinski definition) is 3. The van der Waals surface area contributed by atoms with Crippen molar-refractivity contribution in [3.63, 3.8) is 0 Å². The van der Waals surface area contributed by atoms with Gasteiger partial charge in [-0.1, -0.05) is 37.3 Å². The third-order valence-corrected chi connectivity index (χ3v) is 5.00. The maximum absolute atomic E-state index is 12.3. The summed E-state index contributed by atoms with van der Waals surface area (Å²) in [6, 6.07) is 9.55. The van der Waals surface area contributed by atoms with Crippen LogP contribution in [0.2, 0.25) is 0 Å². The third-order valence-electron chi connectivity index (χ3n) is 3.31. The van der Waals surface area contributed by atoms with Gasteiger partial charge in [0, 0.05) is 24.5 Å². The van der Waals surface area contributed by atoms with E-state index < -0.39 is 10.0 Å². The van der Waals surface area contributed by atoms with Crippen LogP contribution in [0.1, 0.15) is 18.9 Å². The van der Waals surface area contributed by atoms with E-state index in [0.717, 1.165) is 25.1 Å². The van der Waals surface area contributed by atoms with Gasteiger partial charge in [0.2, 0.25) is 10.0 Å². The van der Waals surface area contributed by atoms with Crippen molar-refractivity contribution in [3.05, 3.63) is 41.3 Å². The van der Waals surface area contributed by atoms with Crippen molar-refractivity contribution in [2.75, 3.05) is 19.6 Å². The van der Waals surface area contributed by atoms with Crippen molar-refractivity contribution in [3.8, 4) is 0 Å². The number of benzene rings is 1. The number of sulfonamides is 1. The van der Waals surface area contributed by atoms with E-state index in [0.29, 0.717) is 6.54 Å². The Kier molecular flexibility index (Phi) is 4.74. The Morgan fingerprint density at radius 3 is 2.68 bits per heavy atom. The van der Waals surface area contributed by atoms with Crippen LogP contribution in [0, 0.1) is 0 Å². The summed E-state index contributed by atoms with van der Waals surface area (Å²) in [5, 5.41) is 4.51. The highest BCUT2D eigenvalue weighted by atomic mass is 32.2. The number of hydrogen-bond donors (Lipinski definition) is 1. The van der Waals surface area contributed by atoms with Crippen LogP contribution in [0.15, 0.2) is 35.7 Å². The van der Waals surface area contributed by atoms with Crippen molar-refractivity contribution in [2.24, 2.45) is 0 Å². The Morgan fingerprint density at radius 1 is 1.37 bits per heavy atom. The maximum Gasteiger partial charge on any atom is 0.236 e. The molecule has 0 saturated carbocycles. The van der Waals surface area contributed by atoms with Crippen LogP contribution in [-0.2, 0) is 10.0 Å². The van der Waals surface area contributed by atoms with Crippen molar-refractivity contribution >= 4 is 16.1 Å². The summed E-state index contributed by atoms with van der Waals surface area (Å²) < 4.78 is 26.2. The summed E-state index contributed by atoms with van der Waals surface area (Å²) in [5.41, 5.74) is 0.895. The lowest BCUT2D eigenvalue weighted by Crippen LogP contribution is -2.40. The normalized spacial score (nSPS) is 20.4. The van der Waals surface area contributed by atoms with Gasteiger partial charge in [0.15, 0.2) is 0 Å². The van der Waals surface area contributed by atoms with E-state index in [1.807, 2.05) is 37.3 Å². The van der Waals surface area contributed by atoms with Gasteiger partial charge >= 0.3 is 0 Å². The Hall–Kier alpha value is -1.17. The first-order chi connectivity index (χ1) is 9.13. The van der Waals surface area contributed by atoms with Gasteiger partial charge in [-0.3, -0.25) is 0 Å². The maximum atomic E-state index is 12.3. The first-order valence-corrected chi connectivity index (χ1v) is 8.09. The average molecular weight is 280 g/mol. The van der Waals surface area contributed by atoms with E-state index in [1.165, 1.54) is 5.41 Å². The van der Waals surface area contributed by atoms with Crippen LogP contribution in [0.3, 0.4) is 0 Å². The van der Waals surface area contributed by atoms with E-state index in [-0.39, 0.29) is 6.04 Å². The summed E-state index contributed by atoms with van der Waals surface area (Å²) in [5.74, 6) is 0. The number of nitrogens with zero attached hydrogens (tertiary/aromatic N) is 1. The number of rotatable bonds is 5. The van der Waals surface area contributed by atoms with Crippen molar-refractivity contribution in [1.82, 2.24) is 9.62 Å². The fourth-order valence-corrected chi connectivity index (χ4v) is 3.78. The zero-order valence-corrected chi connectivity index (χ0v) is 11.9. The van der Waals surface area contributed by atoms with Crippen LogP contribution in [0.5, 0.6) is 0 Å². The Morgan fingerprint density at radius 2 is 2.11 bits per heavy atom. The van der Waals surface area contributed by atoms with Crippen LogP contribution >= 0.6 is 0 Å². The zero-order chi connectivity index (χ0) is 13.7. The Labute approximate surface area is 115 Å². The molecule has 0 radical (unpaired) electrons. The van der Waals surface area contributed by atoms with Gasteiger partial charge in [0.25, 0.3) is 0 Å². The third kappa shape index (κ3) is 3.65. The molecule has 2 rings (SSSR count). The minimum Gasteiger partial charge on any atom is -0.315 e. The molecule has 0 aliphatic carbocycles. The molecule has 1 fully saturated rings. The summed E-state index contributed by atoms with van der Waals surface area (Å²) >= 11 is 0. The number of likely N-dealkylation sites (N-methyl/N-ethyl adjacent to an activating group) is 1. The molecule has 1 atom stereocenters. The molecule has 1 aliphatic rings. The topological polar surface area (TPSA) is 49.4 Å². The van der Waals surface area contributed by atoms with Crippen molar-refractivity contribution in [1.29, 1.82) is 0 Å². The smallest absolute Gasteiger partial charge is 0.236 e. The molecule has 4 nitrogen and oxygen atoms in total. The lowest BCUT2D eigenvalue weighted by Gasteiger charge is -2.24. The van der Waals surface area contributed by atoms with E-state index >= 15 is 0 Å².